The molecule has 0 aliphatic rings. The Bertz CT molecular complexity index is 452. The van der Waals surface area contributed by atoms with Crippen molar-refractivity contribution in [3.63, 3.8) is 0 Å². The number of quaternary nitrogens is 1. The van der Waals surface area contributed by atoms with Crippen molar-refractivity contribution < 1.29 is 22.9 Å². The number of hydrogen-bond acceptors (Lipinski definition) is 3. The van der Waals surface area contributed by atoms with Crippen molar-refractivity contribution >= 4 is 10.1 Å². The second-order valence-corrected chi connectivity index (χ2v) is 11.3. The summed E-state index contributed by atoms with van der Waals surface area (Å²) in [6, 6.07) is 0. The van der Waals surface area contributed by atoms with Gasteiger partial charge in [-0.25, -0.2) is 0 Å². The molecule has 5 nitrogen and oxygen atoms in total. The minimum Gasteiger partial charge on any atom is -0.870 e. The van der Waals surface area contributed by atoms with Gasteiger partial charge < -0.3 is 9.96 Å². The van der Waals surface area contributed by atoms with Crippen LogP contribution in [0.2, 0.25) is 0 Å². The lowest BCUT2D eigenvalue weighted by Gasteiger charge is -2.29. The van der Waals surface area contributed by atoms with Gasteiger partial charge in [0.15, 0.2) is 0 Å². The molecule has 0 unspecified atom stereocenters. The lowest BCUT2D eigenvalue weighted by molar-refractivity contribution is -0.890. The molecular weight excluding hydrogens is 398 g/mol. The molecule has 0 heterocycles. The van der Waals surface area contributed by atoms with E-state index in [9.17, 15) is 8.42 Å². The first kappa shape index (κ1) is 32.0. The molecule has 0 aliphatic carbocycles. The summed E-state index contributed by atoms with van der Waals surface area (Å²) < 4.78 is 31.2. The largest absolute Gasteiger partial charge is 0.870 e. The zero-order valence-electron chi connectivity index (χ0n) is 20.4. The highest BCUT2D eigenvalue weighted by Crippen LogP contribution is 2.14. The zero-order chi connectivity index (χ0) is 21.8. The van der Waals surface area contributed by atoms with E-state index in [4.69, 9.17) is 4.55 Å². The Morgan fingerprint density at radius 1 is 0.567 bits per heavy atom. The summed E-state index contributed by atoms with van der Waals surface area (Å²) in [7, 11) is 0.489. The van der Waals surface area contributed by atoms with Crippen molar-refractivity contribution in [2.24, 2.45) is 0 Å². The maximum atomic E-state index is 10.8. The Hall–Kier alpha value is -0.170. The van der Waals surface area contributed by atoms with Gasteiger partial charge >= 0.3 is 0 Å². The molecule has 0 bridgehead atoms. The first-order valence-electron chi connectivity index (χ1n) is 12.5. The number of hydrogen-bond donors (Lipinski definition) is 1. The van der Waals surface area contributed by atoms with E-state index in [1.54, 1.807) is 0 Å². The molecular formula is C24H53NO4S. The van der Waals surface area contributed by atoms with Gasteiger partial charge in [-0.05, 0) is 12.8 Å². The fraction of sp³-hybridized carbons (Fsp3) is 1.00. The van der Waals surface area contributed by atoms with Crippen LogP contribution < -0.4 is 0 Å². The molecule has 0 aromatic carbocycles. The summed E-state index contributed by atoms with van der Waals surface area (Å²) in [5, 5.41) is 0. The van der Waals surface area contributed by atoms with Crippen molar-refractivity contribution in [3.05, 3.63) is 0 Å². The zero-order valence-corrected chi connectivity index (χ0v) is 21.2. The van der Waals surface area contributed by atoms with Crippen LogP contribution in [0.15, 0.2) is 0 Å². The molecule has 0 amide bonds. The van der Waals surface area contributed by atoms with Gasteiger partial charge in [-0.15, -0.1) is 0 Å². The van der Waals surface area contributed by atoms with Crippen LogP contribution in [-0.4, -0.2) is 55.9 Å². The Labute approximate surface area is 188 Å². The second kappa shape index (κ2) is 20.7. The first-order valence-corrected chi connectivity index (χ1v) is 14.1. The van der Waals surface area contributed by atoms with Gasteiger partial charge in [0.2, 0.25) is 0 Å². The van der Waals surface area contributed by atoms with E-state index in [1.165, 1.54) is 109 Å². The minimum absolute atomic E-state index is 0. The van der Waals surface area contributed by atoms with Crippen LogP contribution in [0.3, 0.4) is 0 Å². The highest BCUT2D eigenvalue weighted by Gasteiger charge is 2.16. The van der Waals surface area contributed by atoms with Gasteiger partial charge in [-0.2, -0.15) is 8.42 Å². The maximum absolute atomic E-state index is 10.8. The topological polar surface area (TPSA) is 84.4 Å². The van der Waals surface area contributed by atoms with Crippen LogP contribution >= 0.6 is 0 Å². The summed E-state index contributed by atoms with van der Waals surface area (Å²) in [6.45, 7) is 4.17. The molecule has 30 heavy (non-hydrogen) atoms. The molecule has 0 atom stereocenters. The van der Waals surface area contributed by atoms with Crippen LogP contribution in [0.1, 0.15) is 122 Å². The fourth-order valence-electron chi connectivity index (χ4n) is 4.05. The predicted molar refractivity (Wildman–Crippen MR) is 129 cm³/mol. The second-order valence-electron chi connectivity index (χ2n) is 9.68. The first-order chi connectivity index (χ1) is 13.8. The van der Waals surface area contributed by atoms with Crippen LogP contribution in [0, 0.1) is 0 Å². The molecule has 0 aliphatic heterocycles. The molecule has 0 spiro atoms. The summed E-state index contributed by atoms with van der Waals surface area (Å²) >= 11 is 0. The van der Waals surface area contributed by atoms with Gasteiger partial charge in [-0.3, -0.25) is 4.55 Å². The van der Waals surface area contributed by atoms with Crippen LogP contribution in [0.4, 0.5) is 0 Å². The highest BCUT2D eigenvalue weighted by atomic mass is 32.2. The van der Waals surface area contributed by atoms with Crippen molar-refractivity contribution in [1.82, 2.24) is 0 Å². The Morgan fingerprint density at radius 3 is 1.20 bits per heavy atom. The van der Waals surface area contributed by atoms with E-state index < -0.39 is 10.1 Å². The van der Waals surface area contributed by atoms with E-state index >= 15 is 0 Å². The van der Waals surface area contributed by atoms with E-state index in [1.807, 2.05) is 0 Å². The van der Waals surface area contributed by atoms with Crippen LogP contribution in [-0.2, 0) is 10.1 Å². The third kappa shape index (κ3) is 25.9. The predicted octanol–water partition coefficient (Wildman–Crippen LogP) is 6.82. The Balaban J connectivity index is 0. The summed E-state index contributed by atoms with van der Waals surface area (Å²) in [5.41, 5.74) is 0. The van der Waals surface area contributed by atoms with Crippen LogP contribution in [0.25, 0.3) is 0 Å². The molecule has 184 valence electrons. The third-order valence-corrected chi connectivity index (χ3v) is 6.84. The Kier molecular flexibility index (Phi) is 22.1. The number of rotatable bonds is 22. The minimum atomic E-state index is -3.81. The molecule has 0 radical (unpaired) electrons. The van der Waals surface area contributed by atoms with Gasteiger partial charge in [0, 0.05) is 6.42 Å². The lowest BCUT2D eigenvalue weighted by atomic mass is 10.0. The van der Waals surface area contributed by atoms with Gasteiger partial charge in [-0.1, -0.05) is 103 Å². The van der Waals surface area contributed by atoms with Crippen molar-refractivity contribution in [3.8, 4) is 0 Å². The van der Waals surface area contributed by atoms with Gasteiger partial charge in [0.25, 0.3) is 10.1 Å². The van der Waals surface area contributed by atoms with E-state index in [2.05, 4.69) is 21.0 Å². The van der Waals surface area contributed by atoms with Gasteiger partial charge in [0.1, 0.15) is 0 Å². The average Bonchev–Trinajstić information content (AvgIpc) is 2.63. The lowest BCUT2D eigenvalue weighted by Crippen LogP contribution is -2.41. The normalized spacial score (nSPS) is 12.1. The van der Waals surface area contributed by atoms with Crippen molar-refractivity contribution in [2.45, 2.75) is 122 Å². The maximum Gasteiger partial charge on any atom is 0.265 e. The number of nitrogens with zero attached hydrogens (tertiary/aromatic N) is 1. The quantitative estimate of drug-likeness (QED) is 0.111. The van der Waals surface area contributed by atoms with Crippen LogP contribution in [0.5, 0.6) is 0 Å². The average molecular weight is 452 g/mol. The standard InChI is InChI=1S/C24H51NO3S.H2O/c1-4-5-6-7-8-9-10-11-12-13-14-15-16-17-18-19-20-22-25(2,3)23-21-24-29(26,27)28;/h4-24H2,1-3H3;1H2. The highest BCUT2D eigenvalue weighted by molar-refractivity contribution is 7.85. The molecule has 0 saturated carbocycles. The molecule has 0 rings (SSSR count). The SMILES string of the molecule is CCCCCCCCCCCCCCCCCCC[N+](C)(C)CCCS(=O)(=O)O.[OH-]. The fourth-order valence-corrected chi connectivity index (χ4v) is 4.55. The molecule has 6 heteroatoms. The molecule has 0 saturated heterocycles. The van der Waals surface area contributed by atoms with Gasteiger partial charge in [0.05, 0.1) is 32.9 Å². The summed E-state index contributed by atoms with van der Waals surface area (Å²) in [5.74, 6) is -0.117. The summed E-state index contributed by atoms with van der Waals surface area (Å²) in [6.07, 6.45) is 24.1. The smallest absolute Gasteiger partial charge is 0.265 e. The molecule has 0 aromatic rings. The number of unbranched alkanes of at least 4 members (excludes halogenated alkanes) is 16. The molecule has 0 aromatic heterocycles. The van der Waals surface area contributed by atoms with E-state index in [0.29, 0.717) is 6.42 Å². The van der Waals surface area contributed by atoms with E-state index in [-0.39, 0.29) is 11.2 Å². The van der Waals surface area contributed by atoms with E-state index in [0.717, 1.165) is 17.6 Å². The molecule has 0 fully saturated rings. The Morgan fingerprint density at radius 2 is 0.867 bits per heavy atom. The monoisotopic (exact) mass is 451 g/mol. The summed E-state index contributed by atoms with van der Waals surface area (Å²) in [4.78, 5) is 0. The third-order valence-electron chi connectivity index (χ3n) is 6.03. The molecule has 2 N–H and O–H groups in total. The van der Waals surface area contributed by atoms with Crippen molar-refractivity contribution in [2.75, 3.05) is 32.9 Å². The van der Waals surface area contributed by atoms with Crippen molar-refractivity contribution in [1.29, 1.82) is 0 Å².